The first kappa shape index (κ1) is 37.6. The van der Waals surface area contributed by atoms with E-state index in [0.717, 1.165) is 63.7 Å². The molecule has 1 rings (SSSR count). The molecule has 6 nitrogen and oxygen atoms in total. The number of aliphatic hydroxyl groups excluding tert-OH is 1. The summed E-state index contributed by atoms with van der Waals surface area (Å²) in [6.07, 6.45) is 28.6. The highest BCUT2D eigenvalue weighted by Crippen LogP contribution is 2.30. The lowest BCUT2D eigenvalue weighted by molar-refractivity contribution is -0.161. The van der Waals surface area contributed by atoms with Crippen molar-refractivity contribution in [1.82, 2.24) is 0 Å². The van der Waals surface area contributed by atoms with E-state index in [4.69, 9.17) is 14.2 Å². The van der Waals surface area contributed by atoms with Crippen LogP contribution in [0.5, 0.6) is 0 Å². The van der Waals surface area contributed by atoms with Crippen LogP contribution in [0.1, 0.15) is 162 Å². The highest BCUT2D eigenvalue weighted by molar-refractivity contribution is 5.70. The second-order valence-corrected chi connectivity index (χ2v) is 12.5. The van der Waals surface area contributed by atoms with Crippen LogP contribution in [0.2, 0.25) is 0 Å². The number of ether oxygens (including phenoxy) is 3. The van der Waals surface area contributed by atoms with Crippen LogP contribution in [-0.2, 0) is 23.8 Å². The normalized spacial score (nSPS) is 17.3. The molecule has 0 radical (unpaired) electrons. The van der Waals surface area contributed by atoms with Gasteiger partial charge in [-0.2, -0.15) is 0 Å². The largest absolute Gasteiger partial charge is 0.462 e. The van der Waals surface area contributed by atoms with Crippen molar-refractivity contribution in [3.05, 3.63) is 12.2 Å². The fourth-order valence-corrected chi connectivity index (χ4v) is 5.16. The quantitative estimate of drug-likeness (QED) is 0.0411. The van der Waals surface area contributed by atoms with Crippen LogP contribution in [-0.4, -0.2) is 48.6 Å². The zero-order valence-corrected chi connectivity index (χ0v) is 26.9. The van der Waals surface area contributed by atoms with E-state index in [1.165, 1.54) is 70.6 Å². The maximum absolute atomic E-state index is 12.1. The third kappa shape index (κ3) is 23.8. The van der Waals surface area contributed by atoms with E-state index in [1.807, 2.05) is 0 Å². The van der Waals surface area contributed by atoms with Gasteiger partial charge in [-0.05, 0) is 44.4 Å². The highest BCUT2D eigenvalue weighted by atomic mass is 16.6. The molecule has 1 saturated heterocycles. The van der Waals surface area contributed by atoms with E-state index in [0.29, 0.717) is 25.0 Å². The molecule has 0 amide bonds. The Kier molecular flexibility index (Phi) is 24.1. The van der Waals surface area contributed by atoms with Crippen LogP contribution >= 0.6 is 0 Å². The number of aliphatic hydroxyl groups is 1. The van der Waals surface area contributed by atoms with Crippen molar-refractivity contribution in [3.63, 3.8) is 0 Å². The third-order valence-electron chi connectivity index (χ3n) is 7.91. The van der Waals surface area contributed by atoms with Crippen LogP contribution in [0.3, 0.4) is 0 Å². The monoisotopic (exact) mass is 580 g/mol. The van der Waals surface area contributed by atoms with E-state index >= 15 is 0 Å². The first-order valence-corrected chi connectivity index (χ1v) is 17.2. The van der Waals surface area contributed by atoms with Crippen LogP contribution < -0.4 is 0 Å². The minimum Gasteiger partial charge on any atom is -0.462 e. The molecule has 1 heterocycles. The van der Waals surface area contributed by atoms with Gasteiger partial charge in [0.15, 0.2) is 6.10 Å². The lowest BCUT2D eigenvalue weighted by atomic mass is 10.0. The van der Waals surface area contributed by atoms with Gasteiger partial charge in [0.25, 0.3) is 0 Å². The van der Waals surface area contributed by atoms with Gasteiger partial charge in [-0.25, -0.2) is 0 Å². The van der Waals surface area contributed by atoms with Crippen LogP contribution in [0.15, 0.2) is 12.2 Å². The van der Waals surface area contributed by atoms with Crippen molar-refractivity contribution in [2.24, 2.45) is 5.92 Å². The lowest BCUT2D eigenvalue weighted by Gasteiger charge is -2.15. The zero-order chi connectivity index (χ0) is 30.0. The smallest absolute Gasteiger partial charge is 0.306 e. The molecule has 0 bridgehead atoms. The van der Waals surface area contributed by atoms with Crippen molar-refractivity contribution in [3.8, 4) is 0 Å². The third-order valence-corrected chi connectivity index (χ3v) is 7.91. The van der Waals surface area contributed by atoms with Gasteiger partial charge in [0, 0.05) is 12.8 Å². The number of carbonyl (C=O) groups excluding carboxylic acids is 2. The molecule has 2 unspecified atom stereocenters. The molecular formula is C35H64O6. The molecule has 1 N–H and O–H groups in total. The zero-order valence-electron chi connectivity index (χ0n) is 26.9. The summed E-state index contributed by atoms with van der Waals surface area (Å²) in [5.74, 6) is 0.190. The summed E-state index contributed by atoms with van der Waals surface area (Å²) in [5.41, 5.74) is 0. The predicted molar refractivity (Wildman–Crippen MR) is 168 cm³/mol. The first-order valence-electron chi connectivity index (χ1n) is 17.2. The van der Waals surface area contributed by atoms with Crippen molar-refractivity contribution in [2.75, 3.05) is 13.2 Å². The van der Waals surface area contributed by atoms with Crippen molar-refractivity contribution in [1.29, 1.82) is 0 Å². The number of allylic oxidation sites excluding steroid dienone is 1. The summed E-state index contributed by atoms with van der Waals surface area (Å²) in [7, 11) is 0. The molecular weight excluding hydrogens is 516 g/mol. The molecule has 1 aliphatic heterocycles. The van der Waals surface area contributed by atoms with Crippen molar-refractivity contribution >= 4 is 11.9 Å². The molecule has 240 valence electrons. The van der Waals surface area contributed by atoms with Crippen LogP contribution in [0, 0.1) is 5.92 Å². The van der Waals surface area contributed by atoms with Crippen molar-refractivity contribution in [2.45, 2.75) is 180 Å². The average molecular weight is 581 g/mol. The topological polar surface area (TPSA) is 85.4 Å². The second-order valence-electron chi connectivity index (χ2n) is 12.5. The Morgan fingerprint density at radius 2 is 1.37 bits per heavy atom. The van der Waals surface area contributed by atoms with Gasteiger partial charge >= 0.3 is 11.9 Å². The molecule has 1 aliphatic rings. The molecule has 0 spiro atoms. The number of hydrogen-bond donors (Lipinski definition) is 1. The highest BCUT2D eigenvalue weighted by Gasteiger charge is 2.36. The Bertz CT molecular complexity index is 661. The maximum Gasteiger partial charge on any atom is 0.306 e. The van der Waals surface area contributed by atoms with E-state index in [9.17, 15) is 14.7 Å². The maximum atomic E-state index is 12.1. The summed E-state index contributed by atoms with van der Waals surface area (Å²) < 4.78 is 16.3. The molecule has 0 saturated carbocycles. The fourth-order valence-electron chi connectivity index (χ4n) is 5.16. The average Bonchev–Trinajstić information content (AvgIpc) is 3.71. The second kappa shape index (κ2) is 26.2. The van der Waals surface area contributed by atoms with Crippen LogP contribution in [0.25, 0.3) is 0 Å². The van der Waals surface area contributed by atoms with Gasteiger partial charge < -0.3 is 19.3 Å². The number of hydrogen-bond acceptors (Lipinski definition) is 6. The number of rotatable bonds is 29. The molecule has 1 fully saturated rings. The minimum atomic E-state index is -0.778. The molecule has 0 aromatic heterocycles. The standard InChI is InChI=1S/C35H64O6/c1-4-5-6-7-14-19-24-32-33(41-32)25-20-15-12-17-22-27-35(38)40-31(28-36)29-39-34(37)26-21-16-11-9-8-10-13-18-23-30(2)3/h14,19,30-33,36H,4-13,15-18,20-29H2,1-3H3/b19-14-/t31-,32?,33?/m0/s1. The van der Waals surface area contributed by atoms with Gasteiger partial charge in [0.1, 0.15) is 6.61 Å². The number of unbranched alkanes of at least 4 members (excludes halogenated alkanes) is 14. The van der Waals surface area contributed by atoms with E-state index in [2.05, 4.69) is 32.9 Å². The summed E-state index contributed by atoms with van der Waals surface area (Å²) in [6, 6.07) is 0. The first-order chi connectivity index (χ1) is 20.0. The van der Waals surface area contributed by atoms with Gasteiger partial charge in [0.05, 0.1) is 18.8 Å². The van der Waals surface area contributed by atoms with Gasteiger partial charge in [-0.15, -0.1) is 0 Å². The summed E-state index contributed by atoms with van der Waals surface area (Å²) >= 11 is 0. The Balaban J connectivity index is 1.92. The molecule has 6 heteroatoms. The van der Waals surface area contributed by atoms with Gasteiger partial charge in [-0.3, -0.25) is 9.59 Å². The SMILES string of the molecule is CCCCC/C=C\CC1OC1CCCCCCCC(=O)O[C@@H](CO)COC(=O)CCCCCCCCCCC(C)C. The number of epoxide rings is 1. The molecule has 0 aromatic rings. The Morgan fingerprint density at radius 1 is 0.756 bits per heavy atom. The molecule has 3 atom stereocenters. The lowest BCUT2D eigenvalue weighted by Crippen LogP contribution is -2.28. The molecule has 0 aromatic carbocycles. The molecule has 41 heavy (non-hydrogen) atoms. The minimum absolute atomic E-state index is 0.0731. The number of carbonyl (C=O) groups is 2. The van der Waals surface area contributed by atoms with Gasteiger partial charge in [-0.1, -0.05) is 123 Å². The Morgan fingerprint density at radius 3 is 2.00 bits per heavy atom. The predicted octanol–water partition coefficient (Wildman–Crippen LogP) is 9.02. The fraction of sp³-hybridized carbons (Fsp3) is 0.886. The van der Waals surface area contributed by atoms with E-state index in [-0.39, 0.29) is 25.2 Å². The summed E-state index contributed by atoms with van der Waals surface area (Å²) in [4.78, 5) is 24.1. The molecule has 0 aliphatic carbocycles. The van der Waals surface area contributed by atoms with Gasteiger partial charge in [0.2, 0.25) is 0 Å². The van der Waals surface area contributed by atoms with Crippen LogP contribution in [0.4, 0.5) is 0 Å². The summed E-state index contributed by atoms with van der Waals surface area (Å²) in [6.45, 7) is 6.38. The Hall–Kier alpha value is -1.40. The Labute approximate surface area is 252 Å². The summed E-state index contributed by atoms with van der Waals surface area (Å²) in [5, 5.41) is 9.51. The number of esters is 2. The van der Waals surface area contributed by atoms with E-state index in [1.54, 1.807) is 0 Å². The van der Waals surface area contributed by atoms with E-state index < -0.39 is 6.10 Å². The van der Waals surface area contributed by atoms with Crippen molar-refractivity contribution < 1.29 is 28.9 Å².